The van der Waals surface area contributed by atoms with Crippen LogP contribution in [0.2, 0.25) is 0 Å². The summed E-state index contributed by atoms with van der Waals surface area (Å²) in [4.78, 5) is 23.6. The fraction of sp³-hybridized carbons (Fsp3) is 0.552. The Morgan fingerprint density at radius 3 is 2.46 bits per heavy atom. The Bertz CT molecular complexity index is 1460. The van der Waals surface area contributed by atoms with E-state index < -0.39 is 15.9 Å². The normalized spacial score (nSPS) is 19.9. The first kappa shape index (κ1) is 28.5. The van der Waals surface area contributed by atoms with Crippen LogP contribution in [-0.4, -0.2) is 74.1 Å². The van der Waals surface area contributed by atoms with Gasteiger partial charge in [-0.2, -0.15) is 4.31 Å². The van der Waals surface area contributed by atoms with Crippen molar-refractivity contribution in [3.8, 4) is 5.88 Å². The number of carbonyl (C=O) groups excluding carboxylic acids is 1. The molecule has 12 heteroatoms. The number of anilines is 1. The van der Waals surface area contributed by atoms with Gasteiger partial charge >= 0.3 is 0 Å². The standard InChI is InChI=1S/C29H37N5O5S2/c1-38-26-11-10-25-28(32-26)40-29(31-25)33-27(35)24(16-19-4-2-3-5-19)20-6-8-23(9-7-20)41(36,37)34(22-17-30-18-22)21-12-14-39-15-13-21/h6-11,19,21-22,24,30H,2-5,12-18H2,1H3,(H,31,33,35). The molecule has 1 atom stereocenters. The third-order valence-electron chi connectivity index (χ3n) is 8.56. The highest BCUT2D eigenvalue weighted by atomic mass is 32.2. The molecule has 6 rings (SSSR count). The molecule has 3 aromatic rings. The number of aromatic nitrogens is 2. The van der Waals surface area contributed by atoms with E-state index >= 15 is 0 Å². The second-order valence-corrected chi connectivity index (χ2v) is 14.0. The van der Waals surface area contributed by atoms with Gasteiger partial charge in [-0.25, -0.2) is 18.4 Å². The second kappa shape index (κ2) is 12.3. The molecule has 2 aromatic heterocycles. The maximum absolute atomic E-state index is 13.9. The molecule has 3 fully saturated rings. The van der Waals surface area contributed by atoms with Crippen LogP contribution in [0.15, 0.2) is 41.3 Å². The van der Waals surface area contributed by atoms with Crippen LogP contribution in [0, 0.1) is 5.92 Å². The number of hydrogen-bond donors (Lipinski definition) is 2. The van der Waals surface area contributed by atoms with E-state index in [1.54, 1.807) is 29.6 Å². The van der Waals surface area contributed by atoms with Gasteiger partial charge in [-0.05, 0) is 48.9 Å². The topological polar surface area (TPSA) is 123 Å². The third kappa shape index (κ3) is 6.12. The number of nitrogens with zero attached hydrogens (tertiary/aromatic N) is 3. The summed E-state index contributed by atoms with van der Waals surface area (Å²) >= 11 is 1.31. The lowest BCUT2D eigenvalue weighted by atomic mass is 9.87. The Morgan fingerprint density at radius 2 is 1.80 bits per heavy atom. The van der Waals surface area contributed by atoms with Crippen LogP contribution in [0.5, 0.6) is 5.88 Å². The van der Waals surface area contributed by atoms with Crippen molar-refractivity contribution < 1.29 is 22.7 Å². The zero-order valence-corrected chi connectivity index (χ0v) is 24.9. The number of rotatable bonds is 10. The molecule has 2 saturated heterocycles. The fourth-order valence-corrected chi connectivity index (χ4v) is 8.91. The molecule has 0 spiro atoms. The van der Waals surface area contributed by atoms with E-state index in [1.807, 2.05) is 18.2 Å². The predicted molar refractivity (Wildman–Crippen MR) is 158 cm³/mol. The Hall–Kier alpha value is -2.64. The van der Waals surface area contributed by atoms with Crippen molar-refractivity contribution in [3.05, 3.63) is 42.0 Å². The van der Waals surface area contributed by atoms with E-state index in [0.29, 0.717) is 66.4 Å². The molecule has 3 aliphatic rings. The van der Waals surface area contributed by atoms with E-state index in [0.717, 1.165) is 24.8 Å². The molecule has 220 valence electrons. The Kier molecular flexibility index (Phi) is 8.55. The SMILES string of the molecule is COc1ccc2nc(NC(=O)C(CC3CCCC3)c3ccc(S(=O)(=O)N(C4CCOCC4)C4CNC4)cc3)sc2n1. The van der Waals surface area contributed by atoms with Crippen LogP contribution in [-0.2, 0) is 19.6 Å². The van der Waals surface area contributed by atoms with Crippen LogP contribution in [0.4, 0.5) is 5.13 Å². The summed E-state index contributed by atoms with van der Waals surface area (Å²) in [6.45, 7) is 2.47. The van der Waals surface area contributed by atoms with Crippen molar-refractivity contribution >= 4 is 42.7 Å². The van der Waals surface area contributed by atoms with Crippen molar-refractivity contribution in [2.45, 2.75) is 67.8 Å². The molecule has 0 bridgehead atoms. The van der Waals surface area contributed by atoms with Gasteiger partial charge in [-0.1, -0.05) is 49.2 Å². The molecular weight excluding hydrogens is 562 g/mol. The highest BCUT2D eigenvalue weighted by molar-refractivity contribution is 7.89. The average Bonchev–Trinajstić information content (AvgIpc) is 3.63. The van der Waals surface area contributed by atoms with Gasteiger partial charge in [-0.15, -0.1) is 0 Å². The number of nitrogens with one attached hydrogen (secondary N) is 2. The smallest absolute Gasteiger partial charge is 0.243 e. The van der Waals surface area contributed by atoms with E-state index in [2.05, 4.69) is 20.6 Å². The number of sulfonamides is 1. The number of fused-ring (bicyclic) bond motifs is 1. The molecule has 1 aromatic carbocycles. The summed E-state index contributed by atoms with van der Waals surface area (Å²) in [7, 11) is -2.14. The van der Waals surface area contributed by atoms with Crippen molar-refractivity contribution in [2.24, 2.45) is 5.92 Å². The molecule has 0 radical (unpaired) electrons. The van der Waals surface area contributed by atoms with Gasteiger partial charge < -0.3 is 20.1 Å². The summed E-state index contributed by atoms with van der Waals surface area (Å²) in [6.07, 6.45) is 6.69. The second-order valence-electron chi connectivity index (χ2n) is 11.2. The summed E-state index contributed by atoms with van der Waals surface area (Å²) < 4.78 is 40.2. The molecule has 10 nitrogen and oxygen atoms in total. The van der Waals surface area contributed by atoms with E-state index in [4.69, 9.17) is 9.47 Å². The van der Waals surface area contributed by atoms with Crippen molar-refractivity contribution in [2.75, 3.05) is 38.7 Å². The number of amides is 1. The molecule has 1 aliphatic carbocycles. The number of carbonyl (C=O) groups is 1. The van der Waals surface area contributed by atoms with E-state index in [9.17, 15) is 13.2 Å². The molecule has 41 heavy (non-hydrogen) atoms. The quantitative estimate of drug-likeness (QED) is 0.357. The summed E-state index contributed by atoms with van der Waals surface area (Å²) in [6, 6.07) is 10.4. The Labute approximate surface area is 244 Å². The van der Waals surface area contributed by atoms with Gasteiger partial charge in [0.2, 0.25) is 21.8 Å². The largest absolute Gasteiger partial charge is 0.481 e. The van der Waals surface area contributed by atoms with Crippen LogP contribution >= 0.6 is 11.3 Å². The number of methoxy groups -OCH3 is 1. The highest BCUT2D eigenvalue weighted by Crippen LogP contribution is 2.36. The number of ether oxygens (including phenoxy) is 2. The first-order valence-corrected chi connectivity index (χ1v) is 16.7. The summed E-state index contributed by atoms with van der Waals surface area (Å²) in [5, 5.41) is 6.72. The molecule has 1 saturated carbocycles. The van der Waals surface area contributed by atoms with Crippen molar-refractivity contribution in [3.63, 3.8) is 0 Å². The molecule has 2 aliphatic heterocycles. The minimum Gasteiger partial charge on any atom is -0.481 e. The molecule has 4 heterocycles. The minimum absolute atomic E-state index is 0.0491. The molecule has 1 amide bonds. The van der Waals surface area contributed by atoms with Gasteiger partial charge in [-0.3, -0.25) is 4.79 Å². The van der Waals surface area contributed by atoms with Gasteiger partial charge in [0.15, 0.2) is 5.13 Å². The fourth-order valence-electron chi connectivity index (χ4n) is 6.21. The number of benzene rings is 1. The Balaban J connectivity index is 1.24. The highest BCUT2D eigenvalue weighted by Gasteiger charge is 2.40. The zero-order valence-electron chi connectivity index (χ0n) is 23.3. The van der Waals surface area contributed by atoms with Crippen molar-refractivity contribution in [1.82, 2.24) is 19.6 Å². The lowest BCUT2D eigenvalue weighted by Gasteiger charge is -2.43. The lowest BCUT2D eigenvalue weighted by molar-refractivity contribution is -0.118. The van der Waals surface area contributed by atoms with Crippen LogP contribution in [0.1, 0.15) is 56.4 Å². The Morgan fingerprint density at radius 1 is 1.07 bits per heavy atom. The zero-order chi connectivity index (χ0) is 28.4. The van der Waals surface area contributed by atoms with Crippen LogP contribution in [0.3, 0.4) is 0 Å². The van der Waals surface area contributed by atoms with E-state index in [1.165, 1.54) is 24.2 Å². The number of thiazole rings is 1. The van der Waals surface area contributed by atoms with Crippen molar-refractivity contribution in [1.29, 1.82) is 0 Å². The van der Waals surface area contributed by atoms with Crippen LogP contribution in [0.25, 0.3) is 10.3 Å². The maximum atomic E-state index is 13.9. The average molecular weight is 600 g/mol. The molecule has 2 N–H and O–H groups in total. The monoisotopic (exact) mass is 599 g/mol. The summed E-state index contributed by atoms with van der Waals surface area (Å²) in [5.41, 5.74) is 1.51. The van der Waals surface area contributed by atoms with E-state index in [-0.39, 0.29) is 22.9 Å². The first-order chi connectivity index (χ1) is 19.9. The van der Waals surface area contributed by atoms with Gasteiger partial charge in [0.1, 0.15) is 10.3 Å². The van der Waals surface area contributed by atoms with Gasteiger partial charge in [0, 0.05) is 38.4 Å². The summed E-state index contributed by atoms with van der Waals surface area (Å²) in [5.74, 6) is 0.414. The number of pyridine rings is 1. The lowest BCUT2D eigenvalue weighted by Crippen LogP contribution is -2.62. The predicted octanol–water partition coefficient (Wildman–Crippen LogP) is 4.14. The number of hydrogen-bond acceptors (Lipinski definition) is 9. The minimum atomic E-state index is -3.70. The van der Waals surface area contributed by atoms with Gasteiger partial charge in [0.05, 0.1) is 24.0 Å². The van der Waals surface area contributed by atoms with Crippen LogP contribution < -0.4 is 15.4 Å². The maximum Gasteiger partial charge on any atom is 0.243 e. The molecular formula is C29H37N5O5S2. The molecule has 1 unspecified atom stereocenters. The first-order valence-electron chi connectivity index (χ1n) is 14.5. The van der Waals surface area contributed by atoms with Gasteiger partial charge in [0.25, 0.3) is 0 Å². The third-order valence-corrected chi connectivity index (χ3v) is 11.5.